The van der Waals surface area contributed by atoms with Crippen molar-refractivity contribution in [2.24, 2.45) is 0 Å². The third-order valence-electron chi connectivity index (χ3n) is 0. The molecule has 0 saturated carbocycles. The van der Waals surface area contributed by atoms with Crippen LogP contribution in [-0.2, 0) is 307 Å². The van der Waals surface area contributed by atoms with Crippen LogP contribution in [-0.4, -0.2) is 0 Å². The molecular weight excluding hydrogens is 1930 g/mol. The molecule has 0 heterocycles. The fraction of sp³-hybridized carbons (Fsp3) is 0. The zero-order valence-corrected chi connectivity index (χ0v) is 34.8. The molecule has 0 aromatic heterocycles. The maximum atomic E-state index is 0. The van der Waals surface area contributed by atoms with Crippen LogP contribution in [0.15, 0.2) is 0 Å². The fourth-order valence-electron chi connectivity index (χ4n) is 0. The second-order valence-electron chi connectivity index (χ2n) is 0. The molecule has 0 aliphatic heterocycles. The van der Waals surface area contributed by atoms with Gasteiger partial charge in [0, 0.05) is 0 Å². The normalized spacial score (nSPS) is 0. The Morgan fingerprint density at radius 2 is 0.0323 bits per heavy atom. The molecule has 0 fully saturated rings. The van der Waals surface area contributed by atoms with Crippen LogP contribution in [0.5, 0.6) is 0 Å². The van der Waals surface area contributed by atoms with Gasteiger partial charge in [0.25, 0.3) is 0 Å². The predicted molar refractivity (Wildman–Crippen MR) is 38.4 cm³/mol. The second-order valence-corrected chi connectivity index (χ2v) is 0. The van der Waals surface area contributed by atoms with Crippen molar-refractivity contribution in [2.75, 3.05) is 0 Å². The number of hydrogen-bond donors (Lipinski definition) is 0. The van der Waals surface area contributed by atoms with Crippen molar-refractivity contribution in [1.29, 1.82) is 0 Å². The van der Waals surface area contributed by atoms with Gasteiger partial charge in [-0.05, 0) is 0 Å². The number of hydrogen-bond acceptors (Lipinski definition) is 0. The first-order valence-corrected chi connectivity index (χ1v) is 0. The zero-order valence-electron chi connectivity index (χ0n) is 24.5. The van der Waals surface area contributed by atoms with Crippen molar-refractivity contribution in [1.82, 2.24) is 0 Å². The van der Waals surface area contributed by atoms with Gasteiger partial charge in [0.2, 0.25) is 0 Å². The van der Waals surface area contributed by atoms with E-state index in [1.807, 2.05) is 0 Å². The van der Waals surface area contributed by atoms with Crippen molar-refractivity contribution in [2.45, 2.75) is 0 Å². The van der Waals surface area contributed by atoms with Crippen LogP contribution in [0.3, 0.4) is 0 Å². The third-order valence-corrected chi connectivity index (χ3v) is 0. The summed E-state index contributed by atoms with van der Waals surface area (Å²) in [6, 6.07) is 0. The van der Waals surface area contributed by atoms with E-state index in [4.69, 9.17) is 0 Å². The van der Waals surface area contributed by atoms with E-state index in [9.17, 15) is 0 Å². The van der Waals surface area contributed by atoms with Crippen LogP contribution in [0.2, 0.25) is 0 Å². The summed E-state index contributed by atoms with van der Waals surface area (Å²) in [7, 11) is 0. The minimum absolute atomic E-state index is 0. The molecule has 56 nitrogen and oxygen atoms in total. The molecule has 62 heavy (non-hydrogen) atoms. The van der Waals surface area contributed by atoms with Gasteiger partial charge >= 0.3 is 282 Å². The van der Waals surface area contributed by atoms with Gasteiger partial charge in [-0.2, -0.15) is 0 Å². The molecular formula is O56Yb6-94. The van der Waals surface area contributed by atoms with Gasteiger partial charge < -0.3 is 307 Å². The van der Waals surface area contributed by atoms with Crippen LogP contribution < -0.4 is 0 Å². The Bertz CT molecular complexity index is 28.4. The molecule has 0 amide bonds. The second kappa shape index (κ2) is 6420. The summed E-state index contributed by atoms with van der Waals surface area (Å²) < 4.78 is 0. The Hall–Kier alpha value is 6.88. The van der Waals surface area contributed by atoms with E-state index in [2.05, 4.69) is 0 Å². The van der Waals surface area contributed by atoms with Crippen LogP contribution >= 0.6 is 0 Å². The Balaban J connectivity index is 0. The molecule has 0 atom stereocenters. The standard InChI is InChI=1S/56O.6Yb/q56*-2;6*+3. The molecule has 514 valence electrons. The largest absolute Gasteiger partial charge is 3.00 e. The maximum Gasteiger partial charge on any atom is 3.00 e. The van der Waals surface area contributed by atoms with E-state index < -0.39 is 0 Å². The van der Waals surface area contributed by atoms with Crippen molar-refractivity contribution in [3.63, 3.8) is 0 Å². The summed E-state index contributed by atoms with van der Waals surface area (Å²) in [6.07, 6.45) is 0. The first kappa shape index (κ1) is 6710. The molecule has 0 unspecified atom stereocenters. The molecule has 62 heteroatoms. The van der Waals surface area contributed by atoms with Crippen molar-refractivity contribution in [3.05, 3.63) is 0 Å². The average molecular weight is 1930 g/mol. The summed E-state index contributed by atoms with van der Waals surface area (Å²) in [5.74, 6) is 0. The molecule has 0 aliphatic rings. The van der Waals surface area contributed by atoms with Gasteiger partial charge in [-0.1, -0.05) is 0 Å². The van der Waals surface area contributed by atoms with Crippen molar-refractivity contribution >= 4 is 0 Å². The van der Waals surface area contributed by atoms with E-state index in [-0.39, 0.29) is 588 Å². The molecule has 0 bridgehead atoms. The predicted octanol–water partition coefficient (Wildman–Crippen LogP) is -6.65. The smallest absolute Gasteiger partial charge is 2.00 e. The van der Waals surface area contributed by atoms with Crippen LogP contribution in [0.25, 0.3) is 0 Å². The van der Waals surface area contributed by atoms with Crippen LogP contribution in [0.1, 0.15) is 0 Å². The molecule has 0 N–H and O–H groups in total. The average Bonchev–Trinajstić information content (AvgIpc) is 0. The van der Waals surface area contributed by atoms with E-state index in [0.29, 0.717) is 0 Å². The van der Waals surface area contributed by atoms with Gasteiger partial charge in [-0.15, -0.1) is 0 Å². The van der Waals surface area contributed by atoms with Crippen LogP contribution in [0.4, 0.5) is 0 Å². The van der Waals surface area contributed by atoms with Crippen molar-refractivity contribution < 1.29 is 588 Å². The monoisotopic (exact) mass is 1940 g/mol. The summed E-state index contributed by atoms with van der Waals surface area (Å²) in [4.78, 5) is 0. The quantitative estimate of drug-likeness (QED) is 0.219. The van der Waals surface area contributed by atoms with E-state index in [1.165, 1.54) is 0 Å². The Labute approximate surface area is 577 Å². The third kappa shape index (κ3) is 6140. The topological polar surface area (TPSA) is 1600 Å². The van der Waals surface area contributed by atoms with Gasteiger partial charge in [-0.3, -0.25) is 0 Å². The SMILES string of the molecule is [O-2].[O-2].[O-2].[O-2].[O-2].[O-2].[O-2].[O-2].[O-2].[O-2].[O-2].[O-2].[O-2].[O-2].[O-2].[O-2].[O-2].[O-2].[O-2].[O-2].[O-2].[O-2].[O-2].[O-2].[O-2].[O-2].[O-2].[O-2].[O-2].[O-2].[O-2].[O-2].[O-2].[O-2].[O-2].[O-2].[O-2].[O-2].[O-2].[O-2].[O-2].[O-2].[O-2].[O-2].[O-2].[O-2].[O-2].[O-2].[O-2].[O-2].[O-2].[O-2].[O-2].[O-2].[O-2].[O-2].[Yb+3].[Yb+3].[Yb+3].[Yb+3].[Yb+3].[Yb+3]. The molecule has 0 saturated heterocycles. The van der Waals surface area contributed by atoms with Crippen LogP contribution in [0, 0.1) is 282 Å². The van der Waals surface area contributed by atoms with Crippen molar-refractivity contribution in [3.8, 4) is 0 Å². The molecule has 0 aliphatic carbocycles. The maximum absolute atomic E-state index is 0. The van der Waals surface area contributed by atoms with Gasteiger partial charge in [-0.25, -0.2) is 0 Å². The van der Waals surface area contributed by atoms with E-state index in [0.717, 1.165) is 0 Å². The Kier molecular flexibility index (Phi) is 695000. The summed E-state index contributed by atoms with van der Waals surface area (Å²) >= 11 is 0. The van der Waals surface area contributed by atoms with Gasteiger partial charge in [0.05, 0.1) is 0 Å². The Morgan fingerprint density at radius 3 is 0.0323 bits per heavy atom. The summed E-state index contributed by atoms with van der Waals surface area (Å²) in [6.45, 7) is 0. The zero-order chi connectivity index (χ0) is 0. The van der Waals surface area contributed by atoms with Gasteiger partial charge in [0.1, 0.15) is 0 Å². The fourth-order valence-corrected chi connectivity index (χ4v) is 0. The molecule has 0 aromatic carbocycles. The molecule has 0 rings (SSSR count). The first-order chi connectivity index (χ1) is 0. The first-order valence-electron chi connectivity index (χ1n) is 0. The summed E-state index contributed by atoms with van der Waals surface area (Å²) in [5, 5.41) is 0. The number of rotatable bonds is 0. The van der Waals surface area contributed by atoms with Gasteiger partial charge in [0.15, 0.2) is 0 Å². The minimum Gasteiger partial charge on any atom is -2.00 e. The molecule has 6 radical (unpaired) electrons. The van der Waals surface area contributed by atoms with E-state index >= 15 is 0 Å². The van der Waals surface area contributed by atoms with E-state index in [1.54, 1.807) is 0 Å². The Morgan fingerprint density at radius 1 is 0.0323 bits per heavy atom. The molecule has 0 spiro atoms. The minimum atomic E-state index is 0. The molecule has 0 aromatic rings. The summed E-state index contributed by atoms with van der Waals surface area (Å²) in [5.41, 5.74) is 0.